The van der Waals surface area contributed by atoms with E-state index in [1.165, 1.54) is 51.4 Å². The Morgan fingerprint density at radius 2 is 1.56 bits per heavy atom. The molecule has 0 N–H and O–H groups in total. The summed E-state index contributed by atoms with van der Waals surface area (Å²) in [6.45, 7) is 11.7. The number of rotatable bonds is 3. The standard InChI is InChI=1S/C18H32/c1-13-5-9-18(10-6-13)16(4)12-17-8-7-14(2)15(3)11-17/h13-15,17-18H,4-12H2,1-3H3. The van der Waals surface area contributed by atoms with Crippen molar-refractivity contribution >= 4 is 0 Å². The first-order chi connectivity index (χ1) is 8.56. The fourth-order valence-corrected chi connectivity index (χ4v) is 4.05. The summed E-state index contributed by atoms with van der Waals surface area (Å²) in [5, 5.41) is 0. The van der Waals surface area contributed by atoms with E-state index in [4.69, 9.17) is 0 Å². The summed E-state index contributed by atoms with van der Waals surface area (Å²) in [7, 11) is 0. The molecule has 0 nitrogen and oxygen atoms in total. The van der Waals surface area contributed by atoms with Crippen LogP contribution in [0.2, 0.25) is 0 Å². The minimum absolute atomic E-state index is 0.857. The van der Waals surface area contributed by atoms with Crippen molar-refractivity contribution < 1.29 is 0 Å². The topological polar surface area (TPSA) is 0 Å². The summed E-state index contributed by atoms with van der Waals surface area (Å²) in [4.78, 5) is 0. The van der Waals surface area contributed by atoms with Crippen molar-refractivity contribution in [2.75, 3.05) is 0 Å². The van der Waals surface area contributed by atoms with Gasteiger partial charge in [0.2, 0.25) is 0 Å². The molecule has 0 spiro atoms. The van der Waals surface area contributed by atoms with Crippen LogP contribution >= 0.6 is 0 Å². The van der Waals surface area contributed by atoms with Crippen molar-refractivity contribution in [3.05, 3.63) is 12.2 Å². The van der Waals surface area contributed by atoms with Gasteiger partial charge in [0.15, 0.2) is 0 Å². The molecule has 104 valence electrons. The van der Waals surface area contributed by atoms with Gasteiger partial charge in [-0.25, -0.2) is 0 Å². The lowest BCUT2D eigenvalue weighted by Crippen LogP contribution is -2.22. The van der Waals surface area contributed by atoms with Crippen LogP contribution in [0.5, 0.6) is 0 Å². The van der Waals surface area contributed by atoms with Gasteiger partial charge in [0.25, 0.3) is 0 Å². The quantitative estimate of drug-likeness (QED) is 0.551. The van der Waals surface area contributed by atoms with Crippen LogP contribution in [0.25, 0.3) is 0 Å². The van der Waals surface area contributed by atoms with E-state index in [0.717, 1.165) is 29.6 Å². The van der Waals surface area contributed by atoms with Gasteiger partial charge in [0.1, 0.15) is 0 Å². The van der Waals surface area contributed by atoms with E-state index in [9.17, 15) is 0 Å². The monoisotopic (exact) mass is 248 g/mol. The van der Waals surface area contributed by atoms with Gasteiger partial charge >= 0.3 is 0 Å². The average molecular weight is 248 g/mol. The van der Waals surface area contributed by atoms with Gasteiger partial charge in [-0.15, -0.1) is 0 Å². The van der Waals surface area contributed by atoms with E-state index < -0.39 is 0 Å². The van der Waals surface area contributed by atoms with Gasteiger partial charge in [-0.1, -0.05) is 52.2 Å². The third-order valence-electron chi connectivity index (χ3n) is 5.85. The van der Waals surface area contributed by atoms with Crippen molar-refractivity contribution in [2.45, 2.75) is 72.1 Å². The second-order valence-corrected chi connectivity index (χ2v) is 7.45. The second kappa shape index (κ2) is 6.26. The second-order valence-electron chi connectivity index (χ2n) is 7.45. The lowest BCUT2D eigenvalue weighted by molar-refractivity contribution is 0.201. The summed E-state index contributed by atoms with van der Waals surface area (Å²) in [5.41, 5.74) is 1.59. The van der Waals surface area contributed by atoms with Crippen LogP contribution in [0.15, 0.2) is 12.2 Å². The van der Waals surface area contributed by atoms with Gasteiger partial charge in [-0.3, -0.25) is 0 Å². The molecule has 2 fully saturated rings. The maximum absolute atomic E-state index is 4.44. The van der Waals surface area contributed by atoms with Gasteiger partial charge in [-0.05, 0) is 61.7 Å². The molecule has 0 radical (unpaired) electrons. The van der Waals surface area contributed by atoms with Crippen molar-refractivity contribution in [3.63, 3.8) is 0 Å². The predicted molar refractivity (Wildman–Crippen MR) is 80.5 cm³/mol. The van der Waals surface area contributed by atoms with Crippen LogP contribution in [-0.2, 0) is 0 Å². The smallest absolute Gasteiger partial charge is 0.0206 e. The zero-order chi connectivity index (χ0) is 13.1. The van der Waals surface area contributed by atoms with Crippen LogP contribution in [0, 0.1) is 29.6 Å². The molecule has 2 saturated carbocycles. The Bertz CT molecular complexity index is 270. The molecule has 0 aromatic rings. The van der Waals surface area contributed by atoms with Crippen LogP contribution < -0.4 is 0 Å². The molecule has 0 aliphatic heterocycles. The molecule has 2 rings (SSSR count). The van der Waals surface area contributed by atoms with Crippen molar-refractivity contribution in [2.24, 2.45) is 29.6 Å². The normalized spacial score (nSPS) is 41.6. The molecule has 2 aliphatic carbocycles. The van der Waals surface area contributed by atoms with Crippen molar-refractivity contribution in [1.82, 2.24) is 0 Å². The predicted octanol–water partition coefficient (Wildman–Crippen LogP) is 5.83. The van der Waals surface area contributed by atoms with Crippen LogP contribution in [0.4, 0.5) is 0 Å². The number of allylic oxidation sites excluding steroid dienone is 1. The lowest BCUT2D eigenvalue weighted by atomic mass is 9.71. The third-order valence-corrected chi connectivity index (χ3v) is 5.85. The molecular formula is C18H32. The van der Waals surface area contributed by atoms with Gasteiger partial charge in [0.05, 0.1) is 0 Å². The largest absolute Gasteiger partial charge is 0.0996 e. The Morgan fingerprint density at radius 1 is 0.889 bits per heavy atom. The minimum atomic E-state index is 0.857. The van der Waals surface area contributed by atoms with E-state index in [-0.39, 0.29) is 0 Å². The van der Waals surface area contributed by atoms with E-state index >= 15 is 0 Å². The molecule has 3 atom stereocenters. The Kier molecular flexibility index (Phi) is 4.92. The molecule has 2 aliphatic rings. The van der Waals surface area contributed by atoms with E-state index in [2.05, 4.69) is 27.4 Å². The van der Waals surface area contributed by atoms with Crippen LogP contribution in [0.3, 0.4) is 0 Å². The summed E-state index contributed by atoms with van der Waals surface area (Å²) >= 11 is 0. The molecule has 18 heavy (non-hydrogen) atoms. The Labute approximate surface area is 114 Å². The molecule has 0 aromatic heterocycles. The van der Waals surface area contributed by atoms with Crippen LogP contribution in [-0.4, -0.2) is 0 Å². The van der Waals surface area contributed by atoms with Gasteiger partial charge in [0, 0.05) is 0 Å². The fraction of sp³-hybridized carbons (Fsp3) is 0.889. The Balaban J connectivity index is 1.77. The summed E-state index contributed by atoms with van der Waals surface area (Å²) in [5.74, 6) is 4.65. The Hall–Kier alpha value is -0.260. The highest BCUT2D eigenvalue weighted by Crippen LogP contribution is 2.40. The first kappa shape index (κ1) is 14.2. The minimum Gasteiger partial charge on any atom is -0.0996 e. The number of hydrogen-bond donors (Lipinski definition) is 0. The molecule has 0 amide bonds. The van der Waals surface area contributed by atoms with Crippen molar-refractivity contribution in [1.29, 1.82) is 0 Å². The highest BCUT2D eigenvalue weighted by atomic mass is 14.3. The molecule has 0 aromatic carbocycles. The van der Waals surface area contributed by atoms with E-state index in [0.29, 0.717) is 0 Å². The Morgan fingerprint density at radius 3 is 2.17 bits per heavy atom. The molecule has 0 heteroatoms. The zero-order valence-corrected chi connectivity index (χ0v) is 12.8. The average Bonchev–Trinajstić information content (AvgIpc) is 2.34. The molecule has 0 heterocycles. The molecule has 3 unspecified atom stereocenters. The zero-order valence-electron chi connectivity index (χ0n) is 12.8. The van der Waals surface area contributed by atoms with Crippen molar-refractivity contribution in [3.8, 4) is 0 Å². The summed E-state index contributed by atoms with van der Waals surface area (Å²) in [6, 6.07) is 0. The summed E-state index contributed by atoms with van der Waals surface area (Å²) < 4.78 is 0. The maximum atomic E-state index is 4.44. The number of hydrogen-bond acceptors (Lipinski definition) is 0. The van der Waals surface area contributed by atoms with Gasteiger partial charge < -0.3 is 0 Å². The highest BCUT2D eigenvalue weighted by Gasteiger charge is 2.27. The first-order valence-corrected chi connectivity index (χ1v) is 8.24. The van der Waals surface area contributed by atoms with E-state index in [1.54, 1.807) is 5.57 Å². The molecule has 0 bridgehead atoms. The summed E-state index contributed by atoms with van der Waals surface area (Å²) in [6.07, 6.45) is 11.4. The van der Waals surface area contributed by atoms with Crippen LogP contribution in [0.1, 0.15) is 72.1 Å². The molecule has 0 saturated heterocycles. The highest BCUT2D eigenvalue weighted by molar-refractivity contribution is 5.04. The lowest BCUT2D eigenvalue weighted by Gasteiger charge is -2.34. The third kappa shape index (κ3) is 3.62. The fourth-order valence-electron chi connectivity index (χ4n) is 4.05. The van der Waals surface area contributed by atoms with Gasteiger partial charge in [-0.2, -0.15) is 0 Å². The maximum Gasteiger partial charge on any atom is -0.0206 e. The SMILES string of the molecule is C=C(CC1CCC(C)C(C)C1)C1CCC(C)CC1. The first-order valence-electron chi connectivity index (χ1n) is 8.24. The van der Waals surface area contributed by atoms with E-state index in [1.807, 2.05) is 0 Å². The molecular weight excluding hydrogens is 216 g/mol.